The average molecular weight is 579 g/mol. The van der Waals surface area contributed by atoms with E-state index >= 15 is 0 Å². The number of carbonyl (C=O) groups is 1. The second-order valence-corrected chi connectivity index (χ2v) is 11.6. The molecule has 0 radical (unpaired) electrons. The first-order chi connectivity index (χ1) is 19.1. The van der Waals surface area contributed by atoms with Crippen LogP contribution in [0.1, 0.15) is 40.0 Å². The number of aryl methyl sites for hydroxylation is 1. The lowest BCUT2D eigenvalue weighted by molar-refractivity contribution is 0.0939. The molecule has 0 saturated heterocycles. The normalized spacial score (nSPS) is 11.9. The first-order valence-electron chi connectivity index (χ1n) is 12.6. The number of sulfonamides is 1. The molecule has 0 heterocycles. The Morgan fingerprint density at radius 1 is 0.925 bits per heavy atom. The Labute approximate surface area is 240 Å². The highest BCUT2D eigenvalue weighted by molar-refractivity contribution is 7.92. The maximum absolute atomic E-state index is 13.7. The molecule has 0 aliphatic carbocycles. The van der Waals surface area contributed by atoms with E-state index in [-0.39, 0.29) is 23.4 Å². The second kappa shape index (κ2) is 12.4. The van der Waals surface area contributed by atoms with Gasteiger partial charge in [0.1, 0.15) is 11.5 Å². The first-order valence-corrected chi connectivity index (χ1v) is 14.4. The Morgan fingerprint density at radius 2 is 1.62 bits per heavy atom. The number of benzene rings is 4. The van der Waals surface area contributed by atoms with Gasteiger partial charge in [0.05, 0.1) is 37.4 Å². The van der Waals surface area contributed by atoms with Gasteiger partial charge in [-0.25, -0.2) is 8.42 Å². The molecule has 208 valence electrons. The van der Waals surface area contributed by atoms with Crippen molar-refractivity contribution in [3.05, 3.63) is 118 Å². The van der Waals surface area contributed by atoms with E-state index in [1.807, 2.05) is 19.9 Å². The zero-order valence-corrected chi connectivity index (χ0v) is 24.3. The van der Waals surface area contributed by atoms with Gasteiger partial charge < -0.3 is 14.8 Å². The van der Waals surface area contributed by atoms with Crippen LogP contribution in [0.5, 0.6) is 11.5 Å². The fourth-order valence-corrected chi connectivity index (χ4v) is 6.03. The summed E-state index contributed by atoms with van der Waals surface area (Å²) in [7, 11) is -0.750. The smallest absolute Gasteiger partial charge is 0.264 e. The van der Waals surface area contributed by atoms with Gasteiger partial charge in [0.15, 0.2) is 0 Å². The zero-order chi connectivity index (χ0) is 28.9. The molecule has 0 saturated carbocycles. The van der Waals surface area contributed by atoms with E-state index in [0.717, 1.165) is 11.1 Å². The van der Waals surface area contributed by atoms with Crippen molar-refractivity contribution in [3.8, 4) is 11.5 Å². The summed E-state index contributed by atoms with van der Waals surface area (Å²) in [5.74, 6) is 1.02. The Hall–Kier alpha value is -4.01. The molecule has 1 amide bonds. The number of nitrogens with zero attached hydrogens (tertiary/aromatic N) is 1. The van der Waals surface area contributed by atoms with Crippen molar-refractivity contribution in [1.29, 1.82) is 0 Å². The molecule has 0 aliphatic heterocycles. The topological polar surface area (TPSA) is 84.9 Å². The second-order valence-electron chi connectivity index (χ2n) is 9.26. The number of amides is 1. The van der Waals surface area contributed by atoms with Crippen molar-refractivity contribution < 1.29 is 22.7 Å². The SMILES string of the molecule is COc1ccc(OC)c([C@@H](C)NC(=O)c2ccc(CN(c3cc(Cl)ccc3C)S(=O)(=O)c3ccccc3)cc2)c1. The monoisotopic (exact) mass is 578 g/mol. The molecule has 1 N–H and O–H groups in total. The van der Waals surface area contributed by atoms with E-state index in [2.05, 4.69) is 5.32 Å². The number of carbonyl (C=O) groups excluding carboxylic acids is 1. The minimum Gasteiger partial charge on any atom is -0.497 e. The number of nitrogens with one attached hydrogen (secondary N) is 1. The molecular formula is C31H31ClN2O5S. The van der Waals surface area contributed by atoms with Crippen LogP contribution in [0, 0.1) is 6.92 Å². The molecule has 4 aromatic carbocycles. The highest BCUT2D eigenvalue weighted by Gasteiger charge is 2.27. The molecule has 7 nitrogen and oxygen atoms in total. The van der Waals surface area contributed by atoms with Crippen LogP contribution in [0.4, 0.5) is 5.69 Å². The predicted molar refractivity (Wildman–Crippen MR) is 158 cm³/mol. The Morgan fingerprint density at radius 3 is 2.27 bits per heavy atom. The third kappa shape index (κ3) is 6.41. The molecule has 0 aliphatic rings. The van der Waals surface area contributed by atoms with Crippen LogP contribution in [0.25, 0.3) is 0 Å². The predicted octanol–water partition coefficient (Wildman–Crippen LogP) is 6.55. The van der Waals surface area contributed by atoms with Crippen molar-refractivity contribution in [1.82, 2.24) is 5.32 Å². The van der Waals surface area contributed by atoms with Crippen molar-refractivity contribution >= 4 is 33.2 Å². The third-order valence-electron chi connectivity index (χ3n) is 6.56. The largest absolute Gasteiger partial charge is 0.497 e. The van der Waals surface area contributed by atoms with E-state index in [0.29, 0.717) is 33.3 Å². The average Bonchev–Trinajstić information content (AvgIpc) is 2.97. The van der Waals surface area contributed by atoms with Gasteiger partial charge in [0, 0.05) is 16.1 Å². The van der Waals surface area contributed by atoms with E-state index in [1.165, 1.54) is 4.31 Å². The van der Waals surface area contributed by atoms with Crippen LogP contribution in [0.15, 0.2) is 95.9 Å². The van der Waals surface area contributed by atoms with Crippen LogP contribution < -0.4 is 19.1 Å². The van der Waals surface area contributed by atoms with Gasteiger partial charge in [0.2, 0.25) is 0 Å². The van der Waals surface area contributed by atoms with Gasteiger partial charge >= 0.3 is 0 Å². The fraction of sp³-hybridized carbons (Fsp3) is 0.194. The number of anilines is 1. The lowest BCUT2D eigenvalue weighted by atomic mass is 10.1. The van der Waals surface area contributed by atoms with Crippen molar-refractivity contribution in [2.24, 2.45) is 0 Å². The van der Waals surface area contributed by atoms with E-state index in [9.17, 15) is 13.2 Å². The quantitative estimate of drug-likeness (QED) is 0.231. The standard InChI is InChI=1S/C31H31ClN2O5S/c1-21-10-15-25(32)18-29(21)34(40(36,37)27-8-6-5-7-9-27)20-23-11-13-24(14-12-23)31(35)33-22(2)28-19-26(38-3)16-17-30(28)39-4/h5-19,22H,20H2,1-4H3,(H,33,35)/t22-/m1/s1. The number of methoxy groups -OCH3 is 2. The summed E-state index contributed by atoms with van der Waals surface area (Å²) in [6, 6.07) is 25.3. The zero-order valence-electron chi connectivity index (χ0n) is 22.7. The Kier molecular flexibility index (Phi) is 9.02. The van der Waals surface area contributed by atoms with Crippen LogP contribution in [0.3, 0.4) is 0 Å². The van der Waals surface area contributed by atoms with Crippen LogP contribution >= 0.6 is 11.6 Å². The van der Waals surface area contributed by atoms with Gasteiger partial charge in [0.25, 0.3) is 15.9 Å². The van der Waals surface area contributed by atoms with Gasteiger partial charge in [-0.15, -0.1) is 0 Å². The van der Waals surface area contributed by atoms with E-state index < -0.39 is 10.0 Å². The van der Waals surface area contributed by atoms with Crippen LogP contribution in [-0.4, -0.2) is 28.5 Å². The molecule has 4 aromatic rings. The lowest BCUT2D eigenvalue weighted by Crippen LogP contribution is -2.31. The van der Waals surface area contributed by atoms with Gasteiger partial charge in [-0.1, -0.05) is 48.0 Å². The summed E-state index contributed by atoms with van der Waals surface area (Å²) in [4.78, 5) is 13.2. The van der Waals surface area contributed by atoms with Crippen LogP contribution in [0.2, 0.25) is 5.02 Å². The number of halogens is 1. The molecule has 0 aromatic heterocycles. The molecule has 0 bridgehead atoms. The summed E-state index contributed by atoms with van der Waals surface area (Å²) in [6.45, 7) is 3.76. The molecule has 1 atom stereocenters. The maximum Gasteiger partial charge on any atom is 0.264 e. The fourth-order valence-electron chi connectivity index (χ4n) is 4.33. The van der Waals surface area contributed by atoms with Gasteiger partial charge in [-0.05, 0) is 79.6 Å². The van der Waals surface area contributed by atoms with Gasteiger partial charge in [-0.2, -0.15) is 0 Å². The van der Waals surface area contributed by atoms with Crippen LogP contribution in [-0.2, 0) is 16.6 Å². The number of hydrogen-bond donors (Lipinski definition) is 1. The van der Waals surface area contributed by atoms with Crippen molar-refractivity contribution in [2.75, 3.05) is 18.5 Å². The number of rotatable bonds is 10. The van der Waals surface area contributed by atoms with E-state index in [1.54, 1.807) is 99.1 Å². The summed E-state index contributed by atoms with van der Waals surface area (Å²) in [6.07, 6.45) is 0. The summed E-state index contributed by atoms with van der Waals surface area (Å²) < 4.78 is 39.6. The van der Waals surface area contributed by atoms with E-state index in [4.69, 9.17) is 21.1 Å². The molecule has 0 unspecified atom stereocenters. The summed E-state index contributed by atoms with van der Waals surface area (Å²) in [5, 5.41) is 3.42. The van der Waals surface area contributed by atoms with Gasteiger partial charge in [-0.3, -0.25) is 9.10 Å². The Balaban J connectivity index is 1.58. The number of hydrogen-bond acceptors (Lipinski definition) is 5. The first kappa shape index (κ1) is 29.0. The highest BCUT2D eigenvalue weighted by Crippen LogP contribution is 2.32. The lowest BCUT2D eigenvalue weighted by Gasteiger charge is -2.26. The summed E-state index contributed by atoms with van der Waals surface area (Å²) >= 11 is 6.26. The Bertz CT molecular complexity index is 1590. The molecular weight excluding hydrogens is 548 g/mol. The maximum atomic E-state index is 13.7. The number of ether oxygens (including phenoxy) is 2. The summed E-state index contributed by atoms with van der Waals surface area (Å²) in [5.41, 5.74) is 3.18. The highest BCUT2D eigenvalue weighted by atomic mass is 35.5. The molecule has 0 spiro atoms. The molecule has 40 heavy (non-hydrogen) atoms. The minimum absolute atomic E-state index is 0.0533. The molecule has 9 heteroatoms. The van der Waals surface area contributed by atoms with Crippen molar-refractivity contribution in [2.45, 2.75) is 31.3 Å². The third-order valence-corrected chi connectivity index (χ3v) is 8.57. The molecule has 0 fully saturated rings. The molecule has 4 rings (SSSR count). The van der Waals surface area contributed by atoms with Crippen molar-refractivity contribution in [3.63, 3.8) is 0 Å². The minimum atomic E-state index is -3.90.